The van der Waals surface area contributed by atoms with Crippen molar-refractivity contribution in [3.8, 4) is 0 Å². The van der Waals surface area contributed by atoms with Crippen molar-refractivity contribution in [1.29, 1.82) is 0 Å². The predicted molar refractivity (Wildman–Crippen MR) is 61.1 cm³/mol. The summed E-state index contributed by atoms with van der Waals surface area (Å²) in [5, 5.41) is 12.7. The van der Waals surface area contributed by atoms with Gasteiger partial charge in [0.05, 0.1) is 12.8 Å². The fourth-order valence-corrected chi connectivity index (χ4v) is 2.45. The monoisotopic (exact) mass is 242 g/mol. The lowest BCUT2D eigenvalue weighted by molar-refractivity contribution is 0.0702. The van der Waals surface area contributed by atoms with Gasteiger partial charge in [-0.1, -0.05) is 11.3 Å². The molecule has 2 heterocycles. The van der Waals surface area contributed by atoms with Crippen LogP contribution in [0.5, 0.6) is 0 Å². The van der Waals surface area contributed by atoms with Crippen LogP contribution in [0, 0.1) is 5.92 Å². The Morgan fingerprint density at radius 1 is 1.81 bits per heavy atom. The third kappa shape index (κ3) is 2.51. The molecule has 5 nitrogen and oxygen atoms in total. The quantitative estimate of drug-likeness (QED) is 0.840. The summed E-state index contributed by atoms with van der Waals surface area (Å²) in [6.07, 6.45) is 2.43. The Morgan fingerprint density at radius 3 is 3.19 bits per heavy atom. The minimum atomic E-state index is -0.928. The van der Waals surface area contributed by atoms with Gasteiger partial charge in [-0.2, -0.15) is 0 Å². The highest BCUT2D eigenvalue weighted by Crippen LogP contribution is 2.23. The minimum Gasteiger partial charge on any atom is -0.477 e. The van der Waals surface area contributed by atoms with Crippen LogP contribution in [-0.2, 0) is 4.74 Å². The summed E-state index contributed by atoms with van der Waals surface area (Å²) in [5.41, 5.74) is 0. The molecule has 0 spiro atoms. The summed E-state index contributed by atoms with van der Waals surface area (Å²) in [5.74, 6) is -0.445. The number of nitrogens with zero attached hydrogens (tertiary/aromatic N) is 1. The molecule has 1 aromatic heterocycles. The van der Waals surface area contributed by atoms with Gasteiger partial charge >= 0.3 is 5.97 Å². The number of hydrogen-bond acceptors (Lipinski definition) is 5. The molecule has 0 aliphatic carbocycles. The van der Waals surface area contributed by atoms with Gasteiger partial charge in [0.15, 0.2) is 5.13 Å². The van der Waals surface area contributed by atoms with Crippen molar-refractivity contribution in [2.75, 3.05) is 18.5 Å². The van der Waals surface area contributed by atoms with Gasteiger partial charge in [0.25, 0.3) is 0 Å². The van der Waals surface area contributed by atoms with E-state index in [1.165, 1.54) is 17.5 Å². The number of anilines is 1. The second-order valence-corrected chi connectivity index (χ2v) is 4.92. The van der Waals surface area contributed by atoms with Crippen LogP contribution in [0.3, 0.4) is 0 Å². The Labute approximate surface area is 97.5 Å². The molecule has 0 amide bonds. The number of carboxylic acids is 1. The minimum absolute atomic E-state index is 0.260. The first-order valence-electron chi connectivity index (χ1n) is 5.20. The van der Waals surface area contributed by atoms with E-state index in [1.807, 2.05) is 0 Å². The van der Waals surface area contributed by atoms with Crippen molar-refractivity contribution in [2.45, 2.75) is 19.4 Å². The SMILES string of the molecule is CC(Nc1ncc(C(=O)O)s1)C1CCOC1. The number of aromatic carboxylic acids is 1. The molecule has 16 heavy (non-hydrogen) atoms. The van der Waals surface area contributed by atoms with Crippen molar-refractivity contribution < 1.29 is 14.6 Å². The molecule has 2 atom stereocenters. The molecule has 88 valence electrons. The maximum Gasteiger partial charge on any atom is 0.347 e. The summed E-state index contributed by atoms with van der Waals surface area (Å²) >= 11 is 1.17. The van der Waals surface area contributed by atoms with Gasteiger partial charge in [-0.05, 0) is 13.3 Å². The topological polar surface area (TPSA) is 71.5 Å². The summed E-state index contributed by atoms with van der Waals surface area (Å²) < 4.78 is 5.31. The van der Waals surface area contributed by atoms with E-state index in [2.05, 4.69) is 17.2 Å². The third-order valence-corrected chi connectivity index (χ3v) is 3.66. The fraction of sp³-hybridized carbons (Fsp3) is 0.600. The molecule has 1 aromatic rings. The third-order valence-electron chi connectivity index (χ3n) is 2.74. The van der Waals surface area contributed by atoms with Crippen LogP contribution < -0.4 is 5.32 Å². The van der Waals surface area contributed by atoms with Crippen LogP contribution in [0.4, 0.5) is 5.13 Å². The molecule has 0 saturated carbocycles. The molecule has 0 radical (unpaired) electrons. The van der Waals surface area contributed by atoms with E-state index < -0.39 is 5.97 Å². The Balaban J connectivity index is 1.94. The molecule has 2 rings (SSSR count). The number of aromatic nitrogens is 1. The Bertz CT molecular complexity index is 374. The molecule has 0 bridgehead atoms. The lowest BCUT2D eigenvalue weighted by Gasteiger charge is -2.18. The maximum absolute atomic E-state index is 10.7. The zero-order chi connectivity index (χ0) is 11.5. The Hall–Kier alpha value is -1.14. The molecule has 1 aliphatic rings. The standard InChI is InChI=1S/C10H14N2O3S/c1-6(7-2-3-15-5-7)12-10-11-4-8(16-10)9(13)14/h4,6-7H,2-3,5H2,1H3,(H,11,12)(H,13,14). The van der Waals surface area contributed by atoms with Crippen molar-refractivity contribution in [3.63, 3.8) is 0 Å². The fourth-order valence-electron chi connectivity index (χ4n) is 1.70. The van der Waals surface area contributed by atoms with Gasteiger partial charge in [-0.15, -0.1) is 0 Å². The molecular weight excluding hydrogens is 228 g/mol. The number of rotatable bonds is 4. The van der Waals surface area contributed by atoms with Crippen molar-refractivity contribution in [3.05, 3.63) is 11.1 Å². The van der Waals surface area contributed by atoms with E-state index in [1.54, 1.807) is 0 Å². The molecule has 2 N–H and O–H groups in total. The Morgan fingerprint density at radius 2 is 2.62 bits per heavy atom. The first-order chi connectivity index (χ1) is 7.66. The normalized spacial score (nSPS) is 21.9. The van der Waals surface area contributed by atoms with E-state index in [0.717, 1.165) is 19.6 Å². The van der Waals surface area contributed by atoms with E-state index in [0.29, 0.717) is 11.0 Å². The average molecular weight is 242 g/mol. The smallest absolute Gasteiger partial charge is 0.347 e. The van der Waals surface area contributed by atoms with Crippen molar-refractivity contribution >= 4 is 22.4 Å². The zero-order valence-corrected chi connectivity index (χ0v) is 9.79. The number of thiazole rings is 1. The Kier molecular flexibility index (Phi) is 3.40. The van der Waals surface area contributed by atoms with Gasteiger partial charge in [-0.25, -0.2) is 9.78 Å². The van der Waals surface area contributed by atoms with E-state index in [4.69, 9.17) is 9.84 Å². The van der Waals surface area contributed by atoms with Crippen LogP contribution in [-0.4, -0.2) is 35.3 Å². The van der Waals surface area contributed by atoms with Gasteiger partial charge in [-0.3, -0.25) is 0 Å². The molecule has 0 aromatic carbocycles. The number of carboxylic acid groups (broad SMARTS) is 1. The van der Waals surface area contributed by atoms with E-state index in [-0.39, 0.29) is 10.9 Å². The summed E-state index contributed by atoms with van der Waals surface area (Å²) in [4.78, 5) is 15.0. The second-order valence-electron chi connectivity index (χ2n) is 3.89. The van der Waals surface area contributed by atoms with Crippen molar-refractivity contribution in [2.24, 2.45) is 5.92 Å². The lowest BCUT2D eigenvalue weighted by Crippen LogP contribution is -2.25. The molecular formula is C10H14N2O3S. The number of carbonyl (C=O) groups is 1. The molecule has 1 aliphatic heterocycles. The number of ether oxygens (including phenoxy) is 1. The average Bonchev–Trinajstić information content (AvgIpc) is 2.87. The van der Waals surface area contributed by atoms with E-state index >= 15 is 0 Å². The molecule has 2 unspecified atom stereocenters. The summed E-state index contributed by atoms with van der Waals surface area (Å²) in [6.45, 7) is 3.65. The first-order valence-corrected chi connectivity index (χ1v) is 6.02. The van der Waals surface area contributed by atoms with Crippen LogP contribution in [0.15, 0.2) is 6.20 Å². The van der Waals surface area contributed by atoms with Crippen LogP contribution >= 0.6 is 11.3 Å². The van der Waals surface area contributed by atoms with E-state index in [9.17, 15) is 4.79 Å². The van der Waals surface area contributed by atoms with Crippen LogP contribution in [0.1, 0.15) is 23.0 Å². The van der Waals surface area contributed by atoms with Crippen molar-refractivity contribution in [1.82, 2.24) is 4.98 Å². The highest BCUT2D eigenvalue weighted by atomic mass is 32.1. The molecule has 1 fully saturated rings. The predicted octanol–water partition coefficient (Wildman–Crippen LogP) is 1.68. The largest absolute Gasteiger partial charge is 0.477 e. The summed E-state index contributed by atoms with van der Waals surface area (Å²) in [7, 11) is 0. The molecule has 6 heteroatoms. The highest BCUT2D eigenvalue weighted by molar-refractivity contribution is 7.17. The lowest BCUT2D eigenvalue weighted by atomic mass is 10.0. The summed E-state index contributed by atoms with van der Waals surface area (Å²) in [6, 6.07) is 0.260. The maximum atomic E-state index is 10.7. The van der Waals surface area contributed by atoms with Crippen LogP contribution in [0.25, 0.3) is 0 Å². The highest BCUT2D eigenvalue weighted by Gasteiger charge is 2.23. The van der Waals surface area contributed by atoms with Crippen LogP contribution in [0.2, 0.25) is 0 Å². The van der Waals surface area contributed by atoms with Gasteiger partial charge in [0.2, 0.25) is 0 Å². The second kappa shape index (κ2) is 4.80. The van der Waals surface area contributed by atoms with Gasteiger partial charge in [0, 0.05) is 18.6 Å². The van der Waals surface area contributed by atoms with Gasteiger partial charge in [0.1, 0.15) is 4.88 Å². The number of nitrogens with one attached hydrogen (secondary N) is 1. The number of hydrogen-bond donors (Lipinski definition) is 2. The zero-order valence-electron chi connectivity index (χ0n) is 8.97. The first kappa shape index (κ1) is 11.3. The molecule has 1 saturated heterocycles. The van der Waals surface area contributed by atoms with Gasteiger partial charge < -0.3 is 15.2 Å².